The monoisotopic (exact) mass is 445 g/mol. The molecule has 0 radical (unpaired) electrons. The standard InChI is InChI=1S/C21H23N3O4S2/c25-11-9-23(10-12-26)17(27)13-29-21-22-19-18(15-7-4-8-16(15)30-19)20(28)24(21)14-5-2-1-3-6-14/h1-3,5-6,25-26H,4,7-13H2. The van der Waals surface area contributed by atoms with Gasteiger partial charge in [0.05, 0.1) is 30.0 Å². The molecular weight excluding hydrogens is 422 g/mol. The maximum atomic E-state index is 13.5. The van der Waals surface area contributed by atoms with Gasteiger partial charge in [-0.15, -0.1) is 11.3 Å². The van der Waals surface area contributed by atoms with Crippen molar-refractivity contribution in [2.45, 2.75) is 24.4 Å². The average molecular weight is 446 g/mol. The van der Waals surface area contributed by atoms with Gasteiger partial charge < -0.3 is 15.1 Å². The molecule has 7 nitrogen and oxygen atoms in total. The van der Waals surface area contributed by atoms with Crippen LogP contribution in [0.15, 0.2) is 40.3 Å². The van der Waals surface area contributed by atoms with Crippen LogP contribution in [0.1, 0.15) is 16.9 Å². The van der Waals surface area contributed by atoms with E-state index < -0.39 is 0 Å². The second kappa shape index (κ2) is 9.30. The van der Waals surface area contributed by atoms with Gasteiger partial charge in [0.2, 0.25) is 5.91 Å². The number of aliphatic hydroxyl groups excluding tert-OH is 2. The largest absolute Gasteiger partial charge is 0.395 e. The van der Waals surface area contributed by atoms with Crippen molar-refractivity contribution in [1.29, 1.82) is 0 Å². The van der Waals surface area contributed by atoms with E-state index in [2.05, 4.69) is 0 Å². The number of carbonyl (C=O) groups is 1. The van der Waals surface area contributed by atoms with Crippen LogP contribution in [0.2, 0.25) is 0 Å². The molecule has 1 amide bonds. The molecule has 158 valence electrons. The number of para-hydroxylation sites is 1. The lowest BCUT2D eigenvalue weighted by atomic mass is 10.2. The molecule has 2 heterocycles. The highest BCUT2D eigenvalue weighted by atomic mass is 32.2. The molecule has 2 aromatic heterocycles. The normalized spacial score (nSPS) is 13.0. The van der Waals surface area contributed by atoms with Gasteiger partial charge in [-0.2, -0.15) is 0 Å². The van der Waals surface area contributed by atoms with E-state index in [9.17, 15) is 9.59 Å². The highest BCUT2D eigenvalue weighted by Gasteiger charge is 2.24. The summed E-state index contributed by atoms with van der Waals surface area (Å²) in [5.41, 5.74) is 1.75. The predicted molar refractivity (Wildman–Crippen MR) is 119 cm³/mol. The summed E-state index contributed by atoms with van der Waals surface area (Å²) in [7, 11) is 0. The van der Waals surface area contributed by atoms with Crippen molar-refractivity contribution < 1.29 is 15.0 Å². The minimum Gasteiger partial charge on any atom is -0.395 e. The SMILES string of the molecule is O=C(CSc1nc2sc3c(c2c(=O)n1-c1ccccc1)CCC3)N(CCO)CCO. The van der Waals surface area contributed by atoms with Gasteiger partial charge >= 0.3 is 0 Å². The lowest BCUT2D eigenvalue weighted by Crippen LogP contribution is -2.37. The lowest BCUT2D eigenvalue weighted by Gasteiger charge is -2.20. The zero-order valence-electron chi connectivity index (χ0n) is 16.4. The van der Waals surface area contributed by atoms with Gasteiger partial charge in [-0.1, -0.05) is 30.0 Å². The Morgan fingerprint density at radius 3 is 2.60 bits per heavy atom. The van der Waals surface area contributed by atoms with Gasteiger partial charge in [0.25, 0.3) is 5.56 Å². The Morgan fingerprint density at radius 1 is 1.17 bits per heavy atom. The van der Waals surface area contributed by atoms with Crippen LogP contribution in [0, 0.1) is 0 Å². The maximum absolute atomic E-state index is 13.5. The second-order valence-corrected chi connectivity index (χ2v) is 9.05. The molecule has 1 aliphatic rings. The van der Waals surface area contributed by atoms with Crippen LogP contribution in [-0.4, -0.2) is 62.6 Å². The molecule has 4 rings (SSSR count). The molecule has 0 fully saturated rings. The van der Waals surface area contributed by atoms with E-state index in [1.807, 2.05) is 30.3 Å². The number of rotatable bonds is 8. The molecule has 0 saturated heterocycles. The van der Waals surface area contributed by atoms with Gasteiger partial charge in [0.1, 0.15) is 4.83 Å². The van der Waals surface area contributed by atoms with Crippen molar-refractivity contribution in [1.82, 2.24) is 14.5 Å². The van der Waals surface area contributed by atoms with E-state index in [1.165, 1.54) is 21.5 Å². The minimum atomic E-state index is -0.217. The van der Waals surface area contributed by atoms with Crippen LogP contribution in [0.5, 0.6) is 0 Å². The second-order valence-electron chi connectivity index (χ2n) is 7.02. The van der Waals surface area contributed by atoms with Crippen LogP contribution in [0.25, 0.3) is 15.9 Å². The van der Waals surface area contributed by atoms with E-state index >= 15 is 0 Å². The van der Waals surface area contributed by atoms with Crippen LogP contribution < -0.4 is 5.56 Å². The van der Waals surface area contributed by atoms with E-state index in [4.69, 9.17) is 15.2 Å². The predicted octanol–water partition coefficient (Wildman–Crippen LogP) is 1.84. The van der Waals surface area contributed by atoms with Gasteiger partial charge in [-0.3, -0.25) is 14.2 Å². The van der Waals surface area contributed by atoms with Gasteiger partial charge in [-0.05, 0) is 37.0 Å². The van der Waals surface area contributed by atoms with Crippen molar-refractivity contribution in [2.24, 2.45) is 0 Å². The Kier molecular flexibility index (Phi) is 6.52. The van der Waals surface area contributed by atoms with Gasteiger partial charge in [0.15, 0.2) is 5.16 Å². The number of carbonyl (C=O) groups excluding carboxylic acids is 1. The van der Waals surface area contributed by atoms with Crippen molar-refractivity contribution in [3.05, 3.63) is 51.1 Å². The van der Waals surface area contributed by atoms with Gasteiger partial charge in [-0.25, -0.2) is 4.98 Å². The van der Waals surface area contributed by atoms with Crippen LogP contribution in [-0.2, 0) is 17.6 Å². The number of aliphatic hydroxyl groups is 2. The number of hydrogen-bond acceptors (Lipinski definition) is 7. The summed E-state index contributed by atoms with van der Waals surface area (Å²) >= 11 is 2.78. The molecule has 0 atom stereocenters. The summed E-state index contributed by atoms with van der Waals surface area (Å²) in [4.78, 5) is 34.2. The molecule has 0 spiro atoms. The van der Waals surface area contributed by atoms with E-state index in [1.54, 1.807) is 15.9 Å². The number of nitrogens with zero attached hydrogens (tertiary/aromatic N) is 3. The highest BCUT2D eigenvalue weighted by molar-refractivity contribution is 7.99. The molecule has 0 bridgehead atoms. The maximum Gasteiger partial charge on any atom is 0.267 e. The fourth-order valence-electron chi connectivity index (χ4n) is 3.75. The topological polar surface area (TPSA) is 95.7 Å². The minimum absolute atomic E-state index is 0.0653. The first-order valence-electron chi connectivity index (χ1n) is 9.89. The molecule has 0 unspecified atom stereocenters. The smallest absolute Gasteiger partial charge is 0.267 e. The number of hydrogen-bond donors (Lipinski definition) is 2. The first kappa shape index (κ1) is 21.0. The lowest BCUT2D eigenvalue weighted by molar-refractivity contribution is -0.129. The van der Waals surface area contributed by atoms with Crippen LogP contribution >= 0.6 is 23.1 Å². The number of aromatic nitrogens is 2. The fourth-order valence-corrected chi connectivity index (χ4v) is 5.96. The molecule has 9 heteroatoms. The van der Waals surface area contributed by atoms with E-state index in [-0.39, 0.29) is 43.5 Å². The Balaban J connectivity index is 1.73. The quantitative estimate of drug-likeness (QED) is 0.406. The zero-order chi connectivity index (χ0) is 21.1. The number of thiophene rings is 1. The number of benzene rings is 1. The Bertz CT molecular complexity index is 1100. The van der Waals surface area contributed by atoms with Crippen LogP contribution in [0.4, 0.5) is 0 Å². The van der Waals surface area contributed by atoms with Crippen molar-refractivity contribution in [2.75, 3.05) is 32.1 Å². The highest BCUT2D eigenvalue weighted by Crippen LogP contribution is 2.36. The first-order chi connectivity index (χ1) is 14.6. The van der Waals surface area contributed by atoms with Crippen molar-refractivity contribution in [3.63, 3.8) is 0 Å². The zero-order valence-corrected chi connectivity index (χ0v) is 18.0. The Hall–Kier alpha value is -2.20. The molecule has 0 aliphatic heterocycles. The average Bonchev–Trinajstić information content (AvgIpc) is 3.33. The van der Waals surface area contributed by atoms with E-state index in [0.29, 0.717) is 16.2 Å². The molecule has 0 saturated carbocycles. The number of aryl methyl sites for hydroxylation is 2. The van der Waals surface area contributed by atoms with Crippen molar-refractivity contribution >= 4 is 39.2 Å². The van der Waals surface area contributed by atoms with Gasteiger partial charge in [0, 0.05) is 18.0 Å². The molecule has 30 heavy (non-hydrogen) atoms. The summed E-state index contributed by atoms with van der Waals surface area (Å²) in [6.07, 6.45) is 2.96. The molecular formula is C21H23N3O4S2. The summed E-state index contributed by atoms with van der Waals surface area (Å²) < 4.78 is 1.59. The molecule has 1 aromatic carbocycles. The number of amides is 1. The summed E-state index contributed by atoms with van der Waals surface area (Å²) in [6.45, 7) is -0.0166. The summed E-state index contributed by atoms with van der Waals surface area (Å²) in [5, 5.41) is 19.5. The summed E-state index contributed by atoms with van der Waals surface area (Å²) in [5.74, 6) is -0.152. The molecule has 3 aromatic rings. The third kappa shape index (κ3) is 4.02. The molecule has 1 aliphatic carbocycles. The van der Waals surface area contributed by atoms with Crippen LogP contribution in [0.3, 0.4) is 0 Å². The summed E-state index contributed by atoms with van der Waals surface area (Å²) in [6, 6.07) is 9.34. The number of fused-ring (bicyclic) bond motifs is 3. The number of thioether (sulfide) groups is 1. The third-order valence-corrected chi connectivity index (χ3v) is 7.25. The Morgan fingerprint density at radius 2 is 1.90 bits per heavy atom. The van der Waals surface area contributed by atoms with E-state index in [0.717, 1.165) is 29.7 Å². The Labute approximate surface area is 182 Å². The third-order valence-electron chi connectivity index (χ3n) is 5.14. The first-order valence-corrected chi connectivity index (χ1v) is 11.7. The molecule has 2 N–H and O–H groups in total. The fraction of sp³-hybridized carbons (Fsp3) is 0.381. The van der Waals surface area contributed by atoms with Crippen molar-refractivity contribution in [3.8, 4) is 5.69 Å².